The van der Waals surface area contributed by atoms with Gasteiger partial charge in [0.15, 0.2) is 0 Å². The fourth-order valence-electron chi connectivity index (χ4n) is 15.6. The van der Waals surface area contributed by atoms with E-state index in [1.54, 1.807) is 11.1 Å². The molecular formula is C99H100. The summed E-state index contributed by atoms with van der Waals surface area (Å²) in [5.41, 5.74) is 24.2. The summed E-state index contributed by atoms with van der Waals surface area (Å²) in [6.45, 7) is 25.7. The molecule has 0 saturated carbocycles. The maximum absolute atomic E-state index is 3.27. The molecule has 13 aromatic carbocycles. The van der Waals surface area contributed by atoms with E-state index in [0.717, 1.165) is 16.7 Å². The van der Waals surface area contributed by atoms with Gasteiger partial charge in [-0.3, -0.25) is 0 Å². The van der Waals surface area contributed by atoms with Crippen molar-refractivity contribution in [3.05, 3.63) is 296 Å². The van der Waals surface area contributed by atoms with Crippen molar-refractivity contribution >= 4 is 75.8 Å². The Kier molecular flexibility index (Phi) is 23.5. The van der Waals surface area contributed by atoms with E-state index < -0.39 is 0 Å². The second-order valence-electron chi connectivity index (χ2n) is 27.8. The van der Waals surface area contributed by atoms with Gasteiger partial charge in [0, 0.05) is 22.1 Å². The van der Waals surface area contributed by atoms with E-state index in [1.165, 1.54) is 227 Å². The van der Waals surface area contributed by atoms with Gasteiger partial charge in [0.25, 0.3) is 0 Å². The van der Waals surface area contributed by atoms with E-state index in [9.17, 15) is 0 Å². The molecule has 1 aliphatic rings. The molecule has 0 spiro atoms. The molecular weight excluding hydrogens is 1190 g/mol. The van der Waals surface area contributed by atoms with Crippen LogP contribution in [0, 0.1) is 77.1 Å². The van der Waals surface area contributed by atoms with Crippen molar-refractivity contribution < 1.29 is 0 Å². The Balaban J connectivity index is 0.000000156. The van der Waals surface area contributed by atoms with Gasteiger partial charge in [-0.15, -0.1) is 17.8 Å². The van der Waals surface area contributed by atoms with Crippen LogP contribution in [0.15, 0.2) is 218 Å². The summed E-state index contributed by atoms with van der Waals surface area (Å²) in [6, 6.07) is 80.5. The summed E-state index contributed by atoms with van der Waals surface area (Å²) in [5.74, 6) is 18.5. The highest BCUT2D eigenvalue weighted by Gasteiger charge is 2.42. The number of allylic oxidation sites excluding steroid dienone is 1. The summed E-state index contributed by atoms with van der Waals surface area (Å²) >= 11 is 0. The molecule has 0 amide bonds. The third-order valence-electron chi connectivity index (χ3n) is 20.8. The molecule has 99 heavy (non-hydrogen) atoms. The van der Waals surface area contributed by atoms with Crippen molar-refractivity contribution in [1.82, 2.24) is 0 Å². The van der Waals surface area contributed by atoms with Gasteiger partial charge in [0.1, 0.15) is 0 Å². The minimum absolute atomic E-state index is 0.0817. The van der Waals surface area contributed by atoms with Gasteiger partial charge in [0.2, 0.25) is 0 Å². The van der Waals surface area contributed by atoms with Gasteiger partial charge in [-0.2, -0.15) is 0 Å². The highest BCUT2D eigenvalue weighted by atomic mass is 14.5. The van der Waals surface area contributed by atoms with Crippen LogP contribution in [-0.4, -0.2) is 0 Å². The van der Waals surface area contributed by atoms with Crippen molar-refractivity contribution in [2.75, 3.05) is 0 Å². The largest absolute Gasteiger partial charge is 0.101 e. The lowest BCUT2D eigenvalue weighted by Crippen LogP contribution is -2.26. The smallest absolute Gasteiger partial charge is 0.0402 e. The molecule has 0 fully saturated rings. The van der Waals surface area contributed by atoms with Gasteiger partial charge >= 0.3 is 0 Å². The zero-order chi connectivity index (χ0) is 69.4. The van der Waals surface area contributed by atoms with E-state index in [-0.39, 0.29) is 5.41 Å². The van der Waals surface area contributed by atoms with Gasteiger partial charge in [-0.05, 0) is 232 Å². The van der Waals surface area contributed by atoms with Crippen molar-refractivity contribution in [3.63, 3.8) is 0 Å². The summed E-state index contributed by atoms with van der Waals surface area (Å²) in [6.07, 6.45) is 18.6. The predicted molar refractivity (Wildman–Crippen MR) is 435 cm³/mol. The number of rotatable bonds is 17. The van der Waals surface area contributed by atoms with Gasteiger partial charge in [-0.1, -0.05) is 325 Å². The molecule has 0 heteroatoms. The molecule has 0 atom stereocenters. The Bertz CT molecular complexity index is 5110. The first-order valence-corrected chi connectivity index (χ1v) is 36.8. The third-order valence-corrected chi connectivity index (χ3v) is 20.8. The van der Waals surface area contributed by atoms with Crippen molar-refractivity contribution in [1.29, 1.82) is 0 Å². The second-order valence-corrected chi connectivity index (χ2v) is 27.8. The first-order valence-electron chi connectivity index (χ1n) is 36.8. The van der Waals surface area contributed by atoms with Crippen LogP contribution in [0.4, 0.5) is 0 Å². The fourth-order valence-corrected chi connectivity index (χ4v) is 15.6. The minimum Gasteiger partial charge on any atom is -0.101 e. The summed E-state index contributed by atoms with van der Waals surface area (Å²) in [7, 11) is 0. The normalized spacial score (nSPS) is 12.0. The van der Waals surface area contributed by atoms with Crippen LogP contribution < -0.4 is 0 Å². The van der Waals surface area contributed by atoms with Crippen molar-refractivity contribution in [2.45, 2.75) is 178 Å². The molecule has 496 valence electrons. The minimum atomic E-state index is 0.0817. The molecule has 0 heterocycles. The zero-order valence-corrected chi connectivity index (χ0v) is 61.2. The van der Waals surface area contributed by atoms with E-state index in [1.807, 2.05) is 32.9 Å². The van der Waals surface area contributed by atoms with E-state index in [2.05, 4.69) is 304 Å². The van der Waals surface area contributed by atoms with Crippen molar-refractivity contribution in [3.8, 4) is 46.6 Å². The molecule has 1 aliphatic carbocycles. The Morgan fingerprint density at radius 1 is 0.333 bits per heavy atom. The fraction of sp³-hybridized carbons (Fsp3) is 0.273. The Hall–Kier alpha value is -9.90. The zero-order valence-electron chi connectivity index (χ0n) is 61.2. The van der Waals surface area contributed by atoms with Crippen LogP contribution in [-0.2, 0) is 5.41 Å². The average molecular weight is 1290 g/mol. The number of unbranched alkanes of at least 4 members (excludes halogenated alkanes) is 10. The molecule has 13 aromatic rings. The maximum Gasteiger partial charge on any atom is 0.0402 e. The highest BCUT2D eigenvalue weighted by molar-refractivity contribution is 6.33. The Labute approximate surface area is 593 Å². The molecule has 0 saturated heterocycles. The second kappa shape index (κ2) is 33.1. The standard InChI is InChI=1S/C47H60.C24H16.C18H14.C10H10/c1-7-9-11-13-15-17-31-47(32-18-16-14-12-10-8-2)44-33-37(5)23-29-42(44)43-30-28-41(34-45(43)47)46(40-26-21-36(4)22-27-40)38(6)39-24-19-35(3)20-25-39;1-3-6-16-12-14-22-19-9-4-7-17-15(2)11-13-21(23(17)19)20-10-5-8-18(16)24(20)22;1-3-8-16-17-11-6-4-9-14(17)13(2)15-10-5-7-12-18(15)16;1-3-4-10-7-5-9(2)6-8-10/h19-30,33-34H,7-18,31-32H2,1-6H3;4-5,7-14H,1-2H3;4-7,9-12H,1-2H3;5-8H,1-2H3/b46-38-;;;. The van der Waals surface area contributed by atoms with Crippen LogP contribution >= 0.6 is 0 Å². The molecule has 0 bridgehead atoms. The first-order chi connectivity index (χ1) is 48.3. The Morgan fingerprint density at radius 3 is 1.31 bits per heavy atom. The van der Waals surface area contributed by atoms with Crippen LogP contribution in [0.1, 0.15) is 209 Å². The molecule has 14 rings (SSSR count). The lowest BCUT2D eigenvalue weighted by molar-refractivity contribution is 0.397. The molecule has 0 N–H and O–H groups in total. The third kappa shape index (κ3) is 15.5. The first kappa shape index (κ1) is 70.4. The van der Waals surface area contributed by atoms with E-state index >= 15 is 0 Å². The maximum atomic E-state index is 3.27. The molecule has 0 nitrogen and oxygen atoms in total. The molecule has 0 radical (unpaired) electrons. The number of fused-ring (bicyclic) bond motifs is 7. The summed E-state index contributed by atoms with van der Waals surface area (Å²) in [5, 5.41) is 15.8. The van der Waals surface area contributed by atoms with Crippen molar-refractivity contribution in [2.24, 2.45) is 0 Å². The molecule has 0 unspecified atom stereocenters. The monoisotopic (exact) mass is 1290 g/mol. The quantitative estimate of drug-likeness (QED) is 0.0280. The predicted octanol–water partition coefficient (Wildman–Crippen LogP) is 27.8. The molecule has 0 aliphatic heterocycles. The van der Waals surface area contributed by atoms with Gasteiger partial charge in [0.05, 0.1) is 0 Å². The summed E-state index contributed by atoms with van der Waals surface area (Å²) in [4.78, 5) is 0. The number of hydrogen-bond acceptors (Lipinski definition) is 0. The van der Waals surface area contributed by atoms with Crippen LogP contribution in [0.5, 0.6) is 0 Å². The van der Waals surface area contributed by atoms with Gasteiger partial charge in [-0.25, -0.2) is 0 Å². The average Bonchev–Trinajstić information content (AvgIpc) is 1.72. The highest BCUT2D eigenvalue weighted by Crippen LogP contribution is 2.56. The van der Waals surface area contributed by atoms with E-state index in [4.69, 9.17) is 0 Å². The van der Waals surface area contributed by atoms with Gasteiger partial charge < -0.3 is 0 Å². The number of hydrogen-bond donors (Lipinski definition) is 0. The molecule has 0 aromatic heterocycles. The van der Waals surface area contributed by atoms with Crippen LogP contribution in [0.2, 0.25) is 0 Å². The SMILES string of the molecule is CC#Cc1c2ccccc2c(C)c2ccccc12.CC#Cc1ccc(C)cc1.CC#Cc1ccc2c3cccc4c(C)ccc(c5cccc1c52)c43.CCCCCCCCC1(CCCCCCCC)c2cc(C)ccc2-c2ccc(/C(=C(/C)c3ccc(C)cc3)c3ccc(C)cc3)cc21. The number of aryl methyl sites for hydroxylation is 6. The van der Waals surface area contributed by atoms with Crippen LogP contribution in [0.3, 0.4) is 0 Å². The van der Waals surface area contributed by atoms with E-state index in [0.29, 0.717) is 0 Å². The lowest BCUT2D eigenvalue weighted by Gasteiger charge is -2.33. The lowest BCUT2D eigenvalue weighted by atomic mass is 9.70. The topological polar surface area (TPSA) is 0 Å². The summed E-state index contributed by atoms with van der Waals surface area (Å²) < 4.78 is 0. The number of benzene rings is 13. The Morgan fingerprint density at radius 2 is 0.758 bits per heavy atom. The van der Waals surface area contributed by atoms with Crippen LogP contribution in [0.25, 0.3) is 86.9 Å².